The van der Waals surface area contributed by atoms with Crippen LogP contribution in [0.3, 0.4) is 0 Å². The van der Waals surface area contributed by atoms with Crippen molar-refractivity contribution in [1.82, 2.24) is 5.32 Å². The average molecular weight is 749 g/mol. The van der Waals surface area contributed by atoms with Crippen molar-refractivity contribution in [3.8, 4) is 0 Å². The Morgan fingerprint density at radius 2 is 1.17 bits per heavy atom. The van der Waals surface area contributed by atoms with Gasteiger partial charge in [0.1, 0.15) is 13.2 Å². The lowest BCUT2D eigenvalue weighted by Crippen LogP contribution is -2.45. The molecule has 3 atom stereocenters. The number of nitrogens with one attached hydrogen (secondary N) is 1. The number of likely N-dealkylation sites (N-methyl/N-ethyl adjacent to an activating group) is 1. The fourth-order valence-electron chi connectivity index (χ4n) is 5.18. The van der Waals surface area contributed by atoms with E-state index >= 15 is 0 Å². The number of allylic oxidation sites excluding steroid dienone is 11. The molecule has 0 saturated heterocycles. The van der Waals surface area contributed by atoms with Gasteiger partial charge in [-0.25, -0.2) is 0 Å². The summed E-state index contributed by atoms with van der Waals surface area (Å²) in [4.78, 5) is 25.0. The number of unbranched alkanes of at least 4 members (excludes halogenated alkanes) is 12. The number of quaternary nitrogens is 1. The summed E-state index contributed by atoms with van der Waals surface area (Å²) < 4.78 is 22.9. The van der Waals surface area contributed by atoms with Crippen LogP contribution in [0.5, 0.6) is 0 Å². The van der Waals surface area contributed by atoms with Crippen LogP contribution in [0.4, 0.5) is 0 Å². The van der Waals surface area contributed by atoms with E-state index in [1.54, 1.807) is 6.08 Å². The number of nitrogens with zero attached hydrogens (tertiary/aromatic N) is 1. The first kappa shape index (κ1) is 49.9. The van der Waals surface area contributed by atoms with E-state index in [0.29, 0.717) is 17.4 Å². The summed E-state index contributed by atoms with van der Waals surface area (Å²) in [7, 11) is 1.24. The number of carbonyl (C=O) groups is 1. The molecule has 0 aliphatic carbocycles. The zero-order valence-corrected chi connectivity index (χ0v) is 34.6. The molecule has 0 aromatic rings. The van der Waals surface area contributed by atoms with Gasteiger partial charge in [-0.05, 0) is 64.2 Å². The Morgan fingerprint density at radius 1 is 0.692 bits per heavy atom. The van der Waals surface area contributed by atoms with Gasteiger partial charge < -0.3 is 28.8 Å². The zero-order chi connectivity index (χ0) is 38.6. The van der Waals surface area contributed by atoms with Gasteiger partial charge in [-0.3, -0.25) is 9.36 Å². The summed E-state index contributed by atoms with van der Waals surface area (Å²) in [5.74, 6) is -0.216. The molecule has 3 unspecified atom stereocenters. The van der Waals surface area contributed by atoms with Gasteiger partial charge in [-0.1, -0.05) is 145 Å². The second-order valence-electron chi connectivity index (χ2n) is 14.6. The van der Waals surface area contributed by atoms with Crippen molar-refractivity contribution in [1.29, 1.82) is 0 Å². The van der Waals surface area contributed by atoms with E-state index < -0.39 is 20.0 Å². The van der Waals surface area contributed by atoms with E-state index in [9.17, 15) is 19.4 Å². The Balaban J connectivity index is 4.13. The van der Waals surface area contributed by atoms with Crippen molar-refractivity contribution in [2.24, 2.45) is 0 Å². The van der Waals surface area contributed by atoms with Gasteiger partial charge in [0.25, 0.3) is 7.82 Å². The maximum absolute atomic E-state index is 12.7. The van der Waals surface area contributed by atoms with Crippen molar-refractivity contribution < 1.29 is 32.9 Å². The number of aliphatic hydroxyl groups is 1. The van der Waals surface area contributed by atoms with Gasteiger partial charge in [-0.2, -0.15) is 0 Å². The van der Waals surface area contributed by atoms with Crippen LogP contribution in [0.25, 0.3) is 0 Å². The molecule has 0 aromatic carbocycles. The fraction of sp³-hybridized carbons (Fsp3) is 0.698. The van der Waals surface area contributed by atoms with Crippen molar-refractivity contribution >= 4 is 13.7 Å². The second kappa shape index (κ2) is 34.7. The van der Waals surface area contributed by atoms with Gasteiger partial charge in [-0.15, -0.1) is 0 Å². The molecule has 1 amide bonds. The molecule has 0 aliphatic heterocycles. The molecule has 0 fully saturated rings. The number of phosphoric acid groups is 1. The van der Waals surface area contributed by atoms with Crippen molar-refractivity contribution in [3.05, 3.63) is 72.9 Å². The molecule has 8 nitrogen and oxygen atoms in total. The van der Waals surface area contributed by atoms with E-state index in [0.717, 1.165) is 83.5 Å². The smallest absolute Gasteiger partial charge is 0.268 e. The van der Waals surface area contributed by atoms with Crippen LogP contribution in [-0.2, 0) is 18.4 Å². The lowest BCUT2D eigenvalue weighted by Gasteiger charge is -2.29. The van der Waals surface area contributed by atoms with Crippen LogP contribution in [0, 0.1) is 0 Å². The van der Waals surface area contributed by atoms with Crippen LogP contribution in [0.2, 0.25) is 0 Å². The van der Waals surface area contributed by atoms with Crippen LogP contribution < -0.4 is 10.2 Å². The number of carbonyl (C=O) groups excluding carboxylic acids is 1. The summed E-state index contributed by atoms with van der Waals surface area (Å²) in [5.41, 5.74) is 0. The van der Waals surface area contributed by atoms with Gasteiger partial charge in [0.2, 0.25) is 5.91 Å². The van der Waals surface area contributed by atoms with E-state index in [1.807, 2.05) is 27.2 Å². The predicted molar refractivity (Wildman–Crippen MR) is 219 cm³/mol. The number of aliphatic hydroxyl groups excluding tert-OH is 1. The van der Waals surface area contributed by atoms with Gasteiger partial charge >= 0.3 is 0 Å². The van der Waals surface area contributed by atoms with E-state index in [4.69, 9.17) is 9.05 Å². The maximum Gasteiger partial charge on any atom is 0.268 e. The Hall–Kier alpha value is -2.06. The van der Waals surface area contributed by atoms with Crippen LogP contribution in [0.15, 0.2) is 72.9 Å². The van der Waals surface area contributed by atoms with Crippen LogP contribution in [0.1, 0.15) is 142 Å². The molecular weight excluding hydrogens is 671 g/mol. The monoisotopic (exact) mass is 749 g/mol. The molecule has 0 aliphatic rings. The van der Waals surface area contributed by atoms with E-state index in [2.05, 4.69) is 79.9 Å². The first-order valence-corrected chi connectivity index (χ1v) is 21.8. The normalized spacial score (nSPS) is 15.3. The minimum atomic E-state index is -4.57. The van der Waals surface area contributed by atoms with Crippen molar-refractivity contribution in [2.45, 2.75) is 154 Å². The maximum atomic E-state index is 12.7. The van der Waals surface area contributed by atoms with E-state index in [-0.39, 0.29) is 19.1 Å². The van der Waals surface area contributed by atoms with Crippen LogP contribution >= 0.6 is 7.82 Å². The van der Waals surface area contributed by atoms with Crippen molar-refractivity contribution in [3.63, 3.8) is 0 Å². The molecular formula is C43H77N2O6P. The lowest BCUT2D eigenvalue weighted by molar-refractivity contribution is -0.870. The highest BCUT2D eigenvalue weighted by Gasteiger charge is 2.23. The number of hydrogen-bond donors (Lipinski definition) is 2. The minimum Gasteiger partial charge on any atom is -0.756 e. The SMILES string of the molecule is CC/C=C\C/C=C\C/C=C\C/C=C\C/C=C\CCCCCCCCCCCC(=O)NC(COP(=O)([O-])OCC[N+](C)(C)C)C(O)/C=C/CCCCC. The van der Waals surface area contributed by atoms with Crippen LogP contribution in [-0.4, -0.2) is 68.5 Å². The molecule has 0 heterocycles. The van der Waals surface area contributed by atoms with Gasteiger partial charge in [0.15, 0.2) is 0 Å². The molecule has 0 radical (unpaired) electrons. The highest BCUT2D eigenvalue weighted by Crippen LogP contribution is 2.38. The quantitative estimate of drug-likeness (QED) is 0.0289. The summed E-state index contributed by atoms with van der Waals surface area (Å²) >= 11 is 0. The number of phosphoric ester groups is 1. The second-order valence-corrected chi connectivity index (χ2v) is 16.0. The number of rotatable bonds is 35. The summed E-state index contributed by atoms with van der Waals surface area (Å²) in [6, 6.07) is -0.889. The number of hydrogen-bond acceptors (Lipinski definition) is 6. The molecule has 9 heteroatoms. The Labute approximate surface area is 319 Å². The van der Waals surface area contributed by atoms with Gasteiger partial charge in [0, 0.05) is 6.42 Å². The molecule has 52 heavy (non-hydrogen) atoms. The summed E-state index contributed by atoms with van der Waals surface area (Å²) in [5, 5.41) is 13.5. The molecule has 0 saturated carbocycles. The molecule has 2 N–H and O–H groups in total. The molecule has 0 spiro atoms. The molecule has 0 rings (SSSR count). The average Bonchev–Trinajstić information content (AvgIpc) is 3.09. The Kier molecular flexibility index (Phi) is 33.3. The number of amides is 1. The highest BCUT2D eigenvalue weighted by molar-refractivity contribution is 7.45. The minimum absolute atomic E-state index is 0.00695. The standard InChI is InChI=1S/C43H77N2O6P/c1-6-8-10-12-13-14-15-16-17-18-19-20-21-22-23-24-25-26-27-28-29-30-31-33-35-37-43(47)44-41(42(46)36-34-32-11-9-7-2)40-51-52(48,49)50-39-38-45(3,4)5/h8,10,13-14,16-17,19-20,22-23,34,36,41-42,46H,6-7,9,11-12,15,18,21,24-33,35,37-40H2,1-5H3,(H-,44,47,48,49)/b10-8-,14-13-,17-16-,20-19-,23-22-,36-34+. The third-order valence-corrected chi connectivity index (χ3v) is 9.39. The largest absolute Gasteiger partial charge is 0.756 e. The predicted octanol–water partition coefficient (Wildman–Crippen LogP) is 10.2. The Bertz CT molecular complexity index is 1080. The topological polar surface area (TPSA) is 108 Å². The zero-order valence-electron chi connectivity index (χ0n) is 33.7. The van der Waals surface area contributed by atoms with Gasteiger partial charge in [0.05, 0.1) is 39.9 Å². The first-order chi connectivity index (χ1) is 25.0. The fourth-order valence-corrected chi connectivity index (χ4v) is 5.90. The Morgan fingerprint density at radius 3 is 1.71 bits per heavy atom. The highest BCUT2D eigenvalue weighted by atomic mass is 31.2. The molecule has 0 aromatic heterocycles. The van der Waals surface area contributed by atoms with E-state index in [1.165, 1.54) is 38.5 Å². The molecule has 300 valence electrons. The third-order valence-electron chi connectivity index (χ3n) is 8.42. The van der Waals surface area contributed by atoms with Crippen molar-refractivity contribution in [2.75, 3.05) is 40.9 Å². The molecule has 0 bridgehead atoms. The third kappa shape index (κ3) is 36.3. The first-order valence-electron chi connectivity index (χ1n) is 20.3. The lowest BCUT2D eigenvalue weighted by atomic mass is 10.1. The summed E-state index contributed by atoms with van der Waals surface area (Å²) in [6.45, 7) is 4.38. The summed E-state index contributed by atoms with van der Waals surface area (Å²) in [6.07, 6.45) is 45.6.